The van der Waals surface area contributed by atoms with Crippen LogP contribution in [-0.4, -0.2) is 50.3 Å². The minimum atomic E-state index is -0.854. The predicted octanol–water partition coefficient (Wildman–Crippen LogP) is 5.29. The fourth-order valence-corrected chi connectivity index (χ4v) is 4.00. The highest BCUT2D eigenvalue weighted by Gasteiger charge is 2.13. The summed E-state index contributed by atoms with van der Waals surface area (Å²) in [6.45, 7) is 1.81. The van der Waals surface area contributed by atoms with Crippen LogP contribution < -0.4 is 0 Å². The van der Waals surface area contributed by atoms with Crippen molar-refractivity contribution >= 4 is 5.97 Å². The van der Waals surface area contributed by atoms with Crippen LogP contribution in [0.15, 0.2) is 47.6 Å². The van der Waals surface area contributed by atoms with Crippen molar-refractivity contribution < 1.29 is 30.3 Å². The van der Waals surface area contributed by atoms with E-state index in [1.807, 2.05) is 18.2 Å². The van der Waals surface area contributed by atoms with Gasteiger partial charge < -0.3 is 25.5 Å². The van der Waals surface area contributed by atoms with Gasteiger partial charge in [0.15, 0.2) is 0 Å². The molecule has 1 aromatic rings. The Morgan fingerprint density at radius 1 is 1.00 bits per heavy atom. The third kappa shape index (κ3) is 14.2. The van der Waals surface area contributed by atoms with E-state index in [1.54, 1.807) is 18.2 Å². The summed E-state index contributed by atoms with van der Waals surface area (Å²) >= 11 is 0. The number of aliphatic carboxylic acids is 1. The van der Waals surface area contributed by atoms with Crippen LogP contribution >= 0.6 is 0 Å². The second-order valence-electron chi connectivity index (χ2n) is 9.10. The molecule has 0 spiro atoms. The fraction of sp³-hybridized carbons (Fsp3) is 0.607. The summed E-state index contributed by atoms with van der Waals surface area (Å²) in [6, 6.07) is 7.08. The van der Waals surface area contributed by atoms with E-state index in [0.29, 0.717) is 25.7 Å². The molecule has 0 radical (unpaired) electrons. The highest BCUT2D eigenvalue weighted by Crippen LogP contribution is 2.25. The molecule has 0 saturated heterocycles. The van der Waals surface area contributed by atoms with Gasteiger partial charge in [-0.2, -0.15) is 0 Å². The topological polar surface area (TPSA) is 118 Å². The average Bonchev–Trinajstić information content (AvgIpc) is 2.80. The Morgan fingerprint density at radius 3 is 2.35 bits per heavy atom. The Kier molecular flexibility index (Phi) is 16.0. The summed E-state index contributed by atoms with van der Waals surface area (Å²) in [4.78, 5) is 10.6. The fourth-order valence-electron chi connectivity index (χ4n) is 4.00. The Balaban J connectivity index is 2.98. The lowest BCUT2D eigenvalue weighted by Gasteiger charge is -2.17. The van der Waals surface area contributed by atoms with Crippen molar-refractivity contribution in [2.45, 2.75) is 103 Å². The van der Waals surface area contributed by atoms with Crippen molar-refractivity contribution in [3.63, 3.8) is 0 Å². The lowest BCUT2D eigenvalue weighted by atomic mass is 9.91. The number of allylic oxidation sites excluding steroid dienone is 2. The van der Waals surface area contributed by atoms with Crippen LogP contribution in [0.5, 0.6) is 5.75 Å². The van der Waals surface area contributed by atoms with Gasteiger partial charge in [0, 0.05) is 6.42 Å². The first-order valence-corrected chi connectivity index (χ1v) is 12.7. The van der Waals surface area contributed by atoms with Crippen molar-refractivity contribution in [3.8, 4) is 5.75 Å². The monoisotopic (exact) mass is 476 g/mol. The molecule has 34 heavy (non-hydrogen) atoms. The number of aliphatic hydroxyl groups is 3. The molecular weight excluding hydrogens is 432 g/mol. The zero-order valence-corrected chi connectivity index (χ0v) is 20.7. The van der Waals surface area contributed by atoms with Crippen LogP contribution in [0.25, 0.3) is 0 Å². The molecule has 6 heteroatoms. The molecule has 6 nitrogen and oxygen atoms in total. The van der Waals surface area contributed by atoms with Gasteiger partial charge in [-0.3, -0.25) is 4.79 Å². The smallest absolute Gasteiger partial charge is 0.303 e. The van der Waals surface area contributed by atoms with Crippen LogP contribution in [0.4, 0.5) is 0 Å². The van der Waals surface area contributed by atoms with Crippen molar-refractivity contribution in [2.24, 2.45) is 0 Å². The standard InChI is InChI=1S/C28H44O6/c1-2-3-7-13-25(30)17-16-24(18-22-11-10-14-26(31)19-22)23(20-27(32)21-29)12-8-5-4-6-9-15-28(33)34/h10-11,14,16-17,19,25,27,29-32H,2-9,12-13,15,18,20-21H2,1H3,(H,33,34). The summed E-state index contributed by atoms with van der Waals surface area (Å²) < 4.78 is 0. The Labute approximate surface area is 204 Å². The molecular formula is C28H44O6. The van der Waals surface area contributed by atoms with Gasteiger partial charge in [-0.1, -0.05) is 75.3 Å². The molecule has 0 amide bonds. The van der Waals surface area contributed by atoms with Gasteiger partial charge in [0.1, 0.15) is 5.75 Å². The molecule has 0 fully saturated rings. The van der Waals surface area contributed by atoms with E-state index in [-0.39, 0.29) is 18.8 Å². The Hall–Kier alpha value is -2.15. The van der Waals surface area contributed by atoms with E-state index in [1.165, 1.54) is 0 Å². The SMILES string of the molecule is CCCCCC(O)C=CC(Cc1cccc(O)c1)=C(CCCCCCCC(=O)O)CC(O)CO. The van der Waals surface area contributed by atoms with E-state index < -0.39 is 18.2 Å². The molecule has 0 aliphatic rings. The number of carboxylic acid groups (broad SMARTS) is 1. The average molecular weight is 477 g/mol. The summed E-state index contributed by atoms with van der Waals surface area (Å²) in [7, 11) is 0. The molecule has 5 N–H and O–H groups in total. The van der Waals surface area contributed by atoms with Crippen LogP contribution in [-0.2, 0) is 11.2 Å². The van der Waals surface area contributed by atoms with Crippen molar-refractivity contribution in [2.75, 3.05) is 6.61 Å². The number of phenolic OH excluding ortho intramolecular Hbond substituents is 1. The molecule has 0 aliphatic heterocycles. The first-order chi connectivity index (χ1) is 16.3. The number of hydrogen-bond donors (Lipinski definition) is 5. The molecule has 2 atom stereocenters. The molecule has 0 heterocycles. The van der Waals surface area contributed by atoms with Crippen LogP contribution in [0.2, 0.25) is 0 Å². The highest BCUT2D eigenvalue weighted by molar-refractivity contribution is 5.66. The molecule has 2 unspecified atom stereocenters. The number of phenols is 1. The van der Waals surface area contributed by atoms with Gasteiger partial charge in [-0.15, -0.1) is 0 Å². The van der Waals surface area contributed by atoms with Gasteiger partial charge in [-0.05, 0) is 61.8 Å². The normalized spacial score (nSPS) is 14.2. The molecule has 0 aromatic heterocycles. The highest BCUT2D eigenvalue weighted by atomic mass is 16.4. The van der Waals surface area contributed by atoms with Gasteiger partial charge in [0.25, 0.3) is 0 Å². The third-order valence-corrected chi connectivity index (χ3v) is 5.94. The van der Waals surface area contributed by atoms with E-state index in [4.69, 9.17) is 5.11 Å². The summed E-state index contributed by atoms with van der Waals surface area (Å²) in [5, 5.41) is 48.6. The second kappa shape index (κ2) is 18.2. The maximum atomic E-state index is 10.6. The maximum absolute atomic E-state index is 10.6. The number of carbonyl (C=O) groups is 1. The van der Waals surface area contributed by atoms with Crippen molar-refractivity contribution in [1.29, 1.82) is 0 Å². The molecule has 1 rings (SSSR count). The first kappa shape index (κ1) is 29.9. The Bertz CT molecular complexity index is 755. The minimum Gasteiger partial charge on any atom is -0.508 e. The zero-order valence-electron chi connectivity index (χ0n) is 20.7. The van der Waals surface area contributed by atoms with Gasteiger partial charge in [-0.25, -0.2) is 0 Å². The van der Waals surface area contributed by atoms with Crippen LogP contribution in [0, 0.1) is 0 Å². The number of rotatable bonds is 19. The lowest BCUT2D eigenvalue weighted by molar-refractivity contribution is -0.137. The first-order valence-electron chi connectivity index (χ1n) is 12.7. The van der Waals surface area contributed by atoms with E-state index in [9.17, 15) is 25.2 Å². The van der Waals surface area contributed by atoms with Gasteiger partial charge in [0.05, 0.1) is 18.8 Å². The molecule has 0 aliphatic carbocycles. The largest absolute Gasteiger partial charge is 0.508 e. The molecule has 192 valence electrons. The zero-order chi connectivity index (χ0) is 25.2. The number of unbranched alkanes of at least 4 members (excludes halogenated alkanes) is 6. The number of aliphatic hydroxyl groups excluding tert-OH is 3. The number of carboxylic acids is 1. The summed E-state index contributed by atoms with van der Waals surface area (Å²) in [6.07, 6.45) is 12.4. The summed E-state index contributed by atoms with van der Waals surface area (Å²) in [5.74, 6) is -0.567. The van der Waals surface area contributed by atoms with E-state index in [0.717, 1.165) is 68.1 Å². The lowest BCUT2D eigenvalue weighted by Crippen LogP contribution is -2.14. The van der Waals surface area contributed by atoms with E-state index >= 15 is 0 Å². The van der Waals surface area contributed by atoms with Crippen molar-refractivity contribution in [3.05, 3.63) is 53.1 Å². The summed E-state index contributed by atoms with van der Waals surface area (Å²) in [5.41, 5.74) is 2.95. The van der Waals surface area contributed by atoms with Crippen LogP contribution in [0.3, 0.4) is 0 Å². The van der Waals surface area contributed by atoms with Crippen molar-refractivity contribution in [1.82, 2.24) is 0 Å². The second-order valence-corrected chi connectivity index (χ2v) is 9.10. The minimum absolute atomic E-state index is 0.193. The van der Waals surface area contributed by atoms with Gasteiger partial charge >= 0.3 is 5.97 Å². The quantitative estimate of drug-likeness (QED) is 0.137. The van der Waals surface area contributed by atoms with Gasteiger partial charge in [0.2, 0.25) is 0 Å². The van der Waals surface area contributed by atoms with E-state index in [2.05, 4.69) is 6.92 Å². The number of benzene rings is 1. The molecule has 0 saturated carbocycles. The number of aromatic hydroxyl groups is 1. The van der Waals surface area contributed by atoms with Crippen LogP contribution in [0.1, 0.15) is 89.5 Å². The maximum Gasteiger partial charge on any atom is 0.303 e. The molecule has 1 aromatic carbocycles. The number of hydrogen-bond acceptors (Lipinski definition) is 5. The molecule has 0 bridgehead atoms. The Morgan fingerprint density at radius 2 is 1.71 bits per heavy atom. The third-order valence-electron chi connectivity index (χ3n) is 5.94. The predicted molar refractivity (Wildman–Crippen MR) is 136 cm³/mol.